The fraction of sp³-hybridized carbons (Fsp3) is 0.692. The first-order chi connectivity index (χ1) is 15.4. The first kappa shape index (κ1) is 26.8. The van der Waals surface area contributed by atoms with Crippen LogP contribution in [0.2, 0.25) is 0 Å². The van der Waals surface area contributed by atoms with Gasteiger partial charge in [-0.15, -0.1) is 0 Å². The molecule has 7 nitrogen and oxygen atoms in total. The quantitative estimate of drug-likeness (QED) is 0.516. The number of nitrogens with zero attached hydrogens (tertiary/aromatic N) is 1. The molecule has 0 aliphatic heterocycles. The molecule has 1 aliphatic carbocycles. The average molecular weight is 459 g/mol. The van der Waals surface area contributed by atoms with Crippen LogP contribution in [-0.2, 0) is 14.4 Å². The van der Waals surface area contributed by atoms with Gasteiger partial charge in [-0.3, -0.25) is 14.4 Å². The van der Waals surface area contributed by atoms with E-state index in [1.807, 2.05) is 34.6 Å². The second-order valence-electron chi connectivity index (χ2n) is 11.2. The van der Waals surface area contributed by atoms with E-state index in [1.54, 1.807) is 24.4 Å². The summed E-state index contributed by atoms with van der Waals surface area (Å²) in [5, 5.41) is 5.78. The Morgan fingerprint density at radius 3 is 2.21 bits per heavy atom. The maximum absolute atomic E-state index is 13.6. The molecule has 0 saturated heterocycles. The number of carbonyl (C=O) groups is 3. The molecular weight excluding hydrogens is 416 g/mol. The van der Waals surface area contributed by atoms with E-state index in [0.29, 0.717) is 18.2 Å². The zero-order chi connectivity index (χ0) is 24.8. The molecule has 0 spiro atoms. The van der Waals surface area contributed by atoms with Gasteiger partial charge in [0.1, 0.15) is 11.9 Å². The van der Waals surface area contributed by atoms with Crippen LogP contribution >= 0.6 is 0 Å². The van der Waals surface area contributed by atoms with E-state index in [0.717, 1.165) is 25.7 Å². The van der Waals surface area contributed by atoms with Crippen LogP contribution in [0.15, 0.2) is 24.4 Å². The van der Waals surface area contributed by atoms with E-state index < -0.39 is 29.2 Å². The lowest BCUT2D eigenvalue weighted by molar-refractivity contribution is -0.139. The normalized spacial score (nSPS) is 21.7. The molecule has 1 aromatic heterocycles. The monoisotopic (exact) mass is 458 g/mol. The summed E-state index contributed by atoms with van der Waals surface area (Å²) in [6.45, 7) is 12.0. The highest BCUT2D eigenvalue weighted by Gasteiger charge is 2.42. The largest absolute Gasteiger partial charge is 0.369 e. The van der Waals surface area contributed by atoms with Crippen LogP contribution in [0.4, 0.5) is 5.82 Å². The molecule has 184 valence electrons. The number of hydrogen-bond acceptors (Lipinski definition) is 4. The first-order valence-electron chi connectivity index (χ1n) is 12.2. The van der Waals surface area contributed by atoms with E-state index >= 15 is 0 Å². The van der Waals surface area contributed by atoms with Gasteiger partial charge in [0.05, 0.1) is 11.8 Å². The molecule has 1 unspecified atom stereocenters. The number of carbonyl (C=O) groups excluding carboxylic acids is 3. The summed E-state index contributed by atoms with van der Waals surface area (Å²) in [5.74, 6) is -0.747. The smallest absolute Gasteiger partial charge is 0.248 e. The van der Waals surface area contributed by atoms with Crippen LogP contribution in [0.1, 0.15) is 73.6 Å². The molecule has 3 atom stereocenters. The second kappa shape index (κ2) is 11.6. The van der Waals surface area contributed by atoms with Crippen molar-refractivity contribution in [2.75, 3.05) is 5.32 Å². The maximum Gasteiger partial charge on any atom is 0.248 e. The number of rotatable bonds is 9. The summed E-state index contributed by atoms with van der Waals surface area (Å²) in [5.41, 5.74) is 5.35. The third kappa shape index (κ3) is 7.83. The van der Waals surface area contributed by atoms with Crippen LogP contribution in [0.25, 0.3) is 0 Å². The van der Waals surface area contributed by atoms with E-state index in [9.17, 15) is 14.4 Å². The van der Waals surface area contributed by atoms with Gasteiger partial charge in [-0.1, -0.05) is 60.5 Å². The van der Waals surface area contributed by atoms with Crippen molar-refractivity contribution in [3.63, 3.8) is 0 Å². The fourth-order valence-corrected chi connectivity index (χ4v) is 4.89. The molecule has 1 fully saturated rings. The minimum absolute atomic E-state index is 0.101. The lowest BCUT2D eigenvalue weighted by Crippen LogP contribution is -2.55. The van der Waals surface area contributed by atoms with E-state index in [1.165, 1.54) is 0 Å². The molecule has 0 aromatic carbocycles. The molecule has 3 amide bonds. The summed E-state index contributed by atoms with van der Waals surface area (Å²) < 4.78 is 0. The van der Waals surface area contributed by atoms with Gasteiger partial charge in [-0.05, 0) is 54.6 Å². The Labute approximate surface area is 198 Å². The summed E-state index contributed by atoms with van der Waals surface area (Å²) in [4.78, 5) is 43.5. The Hall–Kier alpha value is -2.44. The SMILES string of the molecule is CC(C)CC(C(=O)N[C@H](C(=O)Nc1ccccn1)C(C)(C)C)[C@@H](C(N)=O)C1CCC(C)CC1. The number of aromatic nitrogens is 1. The zero-order valence-electron chi connectivity index (χ0n) is 21.1. The van der Waals surface area contributed by atoms with Gasteiger partial charge >= 0.3 is 0 Å². The number of nitrogens with two attached hydrogens (primary N) is 1. The topological polar surface area (TPSA) is 114 Å². The van der Waals surface area contributed by atoms with Crippen molar-refractivity contribution in [2.24, 2.45) is 40.7 Å². The number of anilines is 1. The fourth-order valence-electron chi connectivity index (χ4n) is 4.89. The molecule has 0 radical (unpaired) electrons. The van der Waals surface area contributed by atoms with Crippen LogP contribution in [-0.4, -0.2) is 28.7 Å². The lowest BCUT2D eigenvalue weighted by atomic mass is 9.69. The van der Waals surface area contributed by atoms with Gasteiger partial charge < -0.3 is 16.4 Å². The summed E-state index contributed by atoms with van der Waals surface area (Å²) in [6, 6.07) is 4.47. The van der Waals surface area contributed by atoms with Crippen molar-refractivity contribution in [3.8, 4) is 0 Å². The summed E-state index contributed by atoms with van der Waals surface area (Å²) >= 11 is 0. The van der Waals surface area contributed by atoms with E-state index in [2.05, 4.69) is 22.5 Å². The molecule has 1 saturated carbocycles. The van der Waals surface area contributed by atoms with Crippen molar-refractivity contribution in [2.45, 2.75) is 79.7 Å². The number of nitrogens with one attached hydrogen (secondary N) is 2. The van der Waals surface area contributed by atoms with Gasteiger partial charge in [0.15, 0.2) is 0 Å². The van der Waals surface area contributed by atoms with Crippen LogP contribution < -0.4 is 16.4 Å². The van der Waals surface area contributed by atoms with Crippen LogP contribution in [0.3, 0.4) is 0 Å². The average Bonchev–Trinajstić information content (AvgIpc) is 2.72. The number of amides is 3. The molecule has 0 bridgehead atoms. The molecular formula is C26H42N4O3. The molecule has 2 rings (SSSR count). The Kier molecular flexibility index (Phi) is 9.44. The standard InChI is InChI=1S/C26H42N4O3/c1-16(2)15-19(21(23(27)31)18-12-10-17(3)11-13-18)24(32)30-22(26(4,5)6)25(33)29-20-9-7-8-14-28-20/h7-9,14,16-19,21-22H,10-13,15H2,1-6H3,(H2,27,31)(H,30,32)(H,28,29,33)/t17?,18?,19?,21-,22+/m0/s1. The van der Waals surface area contributed by atoms with Gasteiger partial charge in [0.25, 0.3) is 0 Å². The van der Waals surface area contributed by atoms with Crippen molar-refractivity contribution in [1.29, 1.82) is 0 Å². The molecule has 1 aromatic rings. The third-order valence-corrected chi connectivity index (χ3v) is 6.72. The highest BCUT2D eigenvalue weighted by Crippen LogP contribution is 2.38. The predicted molar refractivity (Wildman–Crippen MR) is 131 cm³/mol. The van der Waals surface area contributed by atoms with Crippen molar-refractivity contribution in [1.82, 2.24) is 10.3 Å². The Morgan fingerprint density at radius 2 is 1.73 bits per heavy atom. The van der Waals surface area contributed by atoms with Crippen molar-refractivity contribution in [3.05, 3.63) is 24.4 Å². The Balaban J connectivity index is 2.27. The van der Waals surface area contributed by atoms with Gasteiger partial charge in [-0.25, -0.2) is 4.98 Å². The molecule has 7 heteroatoms. The van der Waals surface area contributed by atoms with Crippen LogP contribution in [0.5, 0.6) is 0 Å². The molecule has 33 heavy (non-hydrogen) atoms. The highest BCUT2D eigenvalue weighted by molar-refractivity contribution is 5.98. The zero-order valence-corrected chi connectivity index (χ0v) is 21.1. The van der Waals surface area contributed by atoms with Gasteiger partial charge in [0.2, 0.25) is 17.7 Å². The predicted octanol–water partition coefficient (Wildman–Crippen LogP) is 4.14. The third-order valence-electron chi connectivity index (χ3n) is 6.72. The van der Waals surface area contributed by atoms with E-state index in [-0.39, 0.29) is 23.7 Å². The molecule has 1 heterocycles. The highest BCUT2D eigenvalue weighted by atomic mass is 16.2. The maximum atomic E-state index is 13.6. The number of pyridine rings is 1. The van der Waals surface area contributed by atoms with Gasteiger partial charge in [0, 0.05) is 6.20 Å². The Morgan fingerprint density at radius 1 is 1.09 bits per heavy atom. The summed E-state index contributed by atoms with van der Waals surface area (Å²) in [7, 11) is 0. The lowest BCUT2D eigenvalue weighted by Gasteiger charge is -2.37. The number of primary amides is 1. The first-order valence-corrected chi connectivity index (χ1v) is 12.2. The number of hydrogen-bond donors (Lipinski definition) is 3. The molecule has 4 N–H and O–H groups in total. The van der Waals surface area contributed by atoms with Crippen molar-refractivity contribution < 1.29 is 14.4 Å². The van der Waals surface area contributed by atoms with Crippen molar-refractivity contribution >= 4 is 23.5 Å². The Bertz CT molecular complexity index is 796. The van der Waals surface area contributed by atoms with Crippen LogP contribution in [0, 0.1) is 35.0 Å². The van der Waals surface area contributed by atoms with E-state index in [4.69, 9.17) is 5.73 Å². The second-order valence-corrected chi connectivity index (χ2v) is 11.2. The minimum Gasteiger partial charge on any atom is -0.369 e. The molecule has 1 aliphatic rings. The van der Waals surface area contributed by atoms with Gasteiger partial charge in [-0.2, -0.15) is 0 Å². The summed E-state index contributed by atoms with van der Waals surface area (Å²) in [6.07, 6.45) is 6.04. The minimum atomic E-state index is -0.790.